The fraction of sp³-hybridized carbons (Fsp3) is 0.714. The van der Waals surface area contributed by atoms with Gasteiger partial charge in [0.1, 0.15) is 16.8 Å². The van der Waals surface area contributed by atoms with Crippen LogP contribution in [-0.2, 0) is 4.74 Å². The number of hydrogen-bond acceptors (Lipinski definition) is 4. The van der Waals surface area contributed by atoms with E-state index in [2.05, 4.69) is 28.7 Å². The van der Waals surface area contributed by atoms with Gasteiger partial charge in [0, 0.05) is 31.7 Å². The maximum Gasteiger partial charge on any atom is 0.137 e. The first kappa shape index (κ1) is 14.5. The van der Waals surface area contributed by atoms with E-state index in [-0.39, 0.29) is 5.92 Å². The van der Waals surface area contributed by atoms with Crippen molar-refractivity contribution in [1.29, 1.82) is 0 Å². The van der Waals surface area contributed by atoms with Gasteiger partial charge < -0.3 is 9.64 Å². The number of aromatic nitrogens is 2. The molecule has 0 amide bonds. The summed E-state index contributed by atoms with van der Waals surface area (Å²) in [6.07, 6.45) is 2.58. The molecule has 1 aliphatic heterocycles. The van der Waals surface area contributed by atoms with Crippen molar-refractivity contribution in [3.05, 3.63) is 16.5 Å². The lowest BCUT2D eigenvalue weighted by Crippen LogP contribution is -2.30. The zero-order valence-corrected chi connectivity index (χ0v) is 12.9. The van der Waals surface area contributed by atoms with Crippen molar-refractivity contribution in [2.75, 3.05) is 25.1 Å². The zero-order valence-electron chi connectivity index (χ0n) is 12.1. The third-order valence-electron chi connectivity index (χ3n) is 3.46. The fourth-order valence-electron chi connectivity index (χ4n) is 2.30. The molecule has 0 aromatic carbocycles. The maximum atomic E-state index is 6.21. The Bertz CT molecular complexity index is 445. The first-order valence-electron chi connectivity index (χ1n) is 6.85. The second-order valence-electron chi connectivity index (χ2n) is 5.49. The highest BCUT2D eigenvalue weighted by atomic mass is 35.5. The Hall–Kier alpha value is -0.870. The Morgan fingerprint density at radius 1 is 1.42 bits per heavy atom. The minimum atomic E-state index is 0.271. The van der Waals surface area contributed by atoms with Crippen LogP contribution in [0.2, 0.25) is 5.15 Å². The normalized spacial score (nSPS) is 19.2. The molecule has 106 valence electrons. The van der Waals surface area contributed by atoms with Crippen molar-refractivity contribution in [3.8, 4) is 0 Å². The lowest BCUT2D eigenvalue weighted by Gasteiger charge is -2.24. The molecule has 1 saturated heterocycles. The predicted molar refractivity (Wildman–Crippen MR) is 78.1 cm³/mol. The molecule has 4 nitrogen and oxygen atoms in total. The number of anilines is 1. The van der Waals surface area contributed by atoms with Crippen LogP contribution in [0.25, 0.3) is 0 Å². The van der Waals surface area contributed by atoms with E-state index in [9.17, 15) is 0 Å². The van der Waals surface area contributed by atoms with Crippen molar-refractivity contribution in [1.82, 2.24) is 9.97 Å². The zero-order chi connectivity index (χ0) is 14.0. The number of rotatable bonds is 4. The number of ether oxygens (including phenoxy) is 1. The fourth-order valence-corrected chi connectivity index (χ4v) is 2.48. The van der Waals surface area contributed by atoms with Gasteiger partial charge in [-0.3, -0.25) is 0 Å². The molecule has 2 heterocycles. The topological polar surface area (TPSA) is 38.2 Å². The highest BCUT2D eigenvalue weighted by Gasteiger charge is 2.21. The van der Waals surface area contributed by atoms with E-state index in [1.165, 1.54) is 0 Å². The van der Waals surface area contributed by atoms with Crippen LogP contribution in [-0.4, -0.2) is 36.3 Å². The van der Waals surface area contributed by atoms with Crippen LogP contribution in [0.15, 0.2) is 0 Å². The van der Waals surface area contributed by atoms with Crippen LogP contribution in [0.3, 0.4) is 0 Å². The van der Waals surface area contributed by atoms with Crippen molar-refractivity contribution < 1.29 is 4.74 Å². The average molecular weight is 284 g/mol. The monoisotopic (exact) mass is 283 g/mol. The number of nitrogens with zero attached hydrogens (tertiary/aromatic N) is 3. The van der Waals surface area contributed by atoms with Gasteiger partial charge in [0.05, 0.1) is 6.10 Å². The van der Waals surface area contributed by atoms with Crippen LogP contribution >= 0.6 is 11.6 Å². The van der Waals surface area contributed by atoms with Crippen LogP contribution in [0.5, 0.6) is 0 Å². The SMILES string of the molecule is Cc1c(Cl)nc(C(C)C)nc1N(C)CC1CCCO1. The number of likely N-dealkylation sites (N-methyl/N-ethyl adjacent to an activating group) is 1. The molecule has 0 saturated carbocycles. The van der Waals surface area contributed by atoms with Gasteiger partial charge in [0.25, 0.3) is 0 Å². The Morgan fingerprint density at radius 3 is 2.74 bits per heavy atom. The second-order valence-corrected chi connectivity index (χ2v) is 5.85. The molecule has 0 aliphatic carbocycles. The molecule has 1 aromatic heterocycles. The third kappa shape index (κ3) is 3.37. The molecule has 0 spiro atoms. The van der Waals surface area contributed by atoms with Gasteiger partial charge in [0.2, 0.25) is 0 Å². The summed E-state index contributed by atoms with van der Waals surface area (Å²) in [6.45, 7) is 7.84. The first-order valence-corrected chi connectivity index (χ1v) is 7.23. The van der Waals surface area contributed by atoms with Crippen molar-refractivity contribution in [2.45, 2.75) is 45.6 Å². The molecular formula is C14H22ClN3O. The quantitative estimate of drug-likeness (QED) is 0.796. The standard InChI is InChI=1S/C14H22ClN3O/c1-9(2)13-16-12(15)10(3)14(17-13)18(4)8-11-6-5-7-19-11/h9,11H,5-8H2,1-4H3. The molecule has 0 bridgehead atoms. The molecule has 1 aliphatic rings. The highest BCUT2D eigenvalue weighted by Crippen LogP contribution is 2.26. The molecule has 0 N–H and O–H groups in total. The largest absolute Gasteiger partial charge is 0.376 e. The Labute approximate surface area is 120 Å². The van der Waals surface area contributed by atoms with E-state index in [4.69, 9.17) is 16.3 Å². The Morgan fingerprint density at radius 2 is 2.16 bits per heavy atom. The van der Waals surface area contributed by atoms with Crippen molar-refractivity contribution >= 4 is 17.4 Å². The van der Waals surface area contributed by atoms with Gasteiger partial charge in [-0.1, -0.05) is 25.4 Å². The van der Waals surface area contributed by atoms with Gasteiger partial charge in [-0.25, -0.2) is 9.97 Å². The minimum Gasteiger partial charge on any atom is -0.376 e. The molecule has 1 fully saturated rings. The summed E-state index contributed by atoms with van der Waals surface area (Å²) >= 11 is 6.21. The summed E-state index contributed by atoms with van der Waals surface area (Å²) in [5.41, 5.74) is 0.937. The smallest absolute Gasteiger partial charge is 0.137 e. The van der Waals surface area contributed by atoms with E-state index in [0.717, 1.165) is 43.2 Å². The third-order valence-corrected chi connectivity index (χ3v) is 3.83. The van der Waals surface area contributed by atoms with E-state index in [1.54, 1.807) is 0 Å². The number of halogens is 1. The van der Waals surface area contributed by atoms with Crippen LogP contribution in [0, 0.1) is 6.92 Å². The molecule has 5 heteroatoms. The van der Waals surface area contributed by atoms with Crippen LogP contribution < -0.4 is 4.90 Å². The van der Waals surface area contributed by atoms with E-state index >= 15 is 0 Å². The van der Waals surface area contributed by atoms with Gasteiger partial charge in [0.15, 0.2) is 0 Å². The van der Waals surface area contributed by atoms with Gasteiger partial charge in [-0.2, -0.15) is 0 Å². The molecular weight excluding hydrogens is 262 g/mol. The van der Waals surface area contributed by atoms with E-state index < -0.39 is 0 Å². The molecule has 19 heavy (non-hydrogen) atoms. The van der Waals surface area contributed by atoms with Gasteiger partial charge in [-0.05, 0) is 19.8 Å². The van der Waals surface area contributed by atoms with Crippen LogP contribution in [0.1, 0.15) is 44.0 Å². The van der Waals surface area contributed by atoms with Crippen molar-refractivity contribution in [2.24, 2.45) is 0 Å². The summed E-state index contributed by atoms with van der Waals surface area (Å²) < 4.78 is 5.67. The summed E-state index contributed by atoms with van der Waals surface area (Å²) in [5, 5.41) is 0.549. The summed E-state index contributed by atoms with van der Waals surface area (Å²) in [4.78, 5) is 11.1. The van der Waals surface area contributed by atoms with Gasteiger partial charge in [-0.15, -0.1) is 0 Å². The second kappa shape index (κ2) is 6.06. The lowest BCUT2D eigenvalue weighted by atomic mass is 10.2. The Kier molecular flexibility index (Phi) is 4.63. The lowest BCUT2D eigenvalue weighted by molar-refractivity contribution is 0.116. The molecule has 2 rings (SSSR count). The van der Waals surface area contributed by atoms with Crippen molar-refractivity contribution in [3.63, 3.8) is 0 Å². The van der Waals surface area contributed by atoms with E-state index in [1.807, 2.05) is 14.0 Å². The highest BCUT2D eigenvalue weighted by molar-refractivity contribution is 6.30. The Balaban J connectivity index is 2.21. The molecule has 1 aromatic rings. The average Bonchev–Trinajstić information content (AvgIpc) is 2.84. The summed E-state index contributed by atoms with van der Waals surface area (Å²) in [5.74, 6) is 1.98. The maximum absolute atomic E-state index is 6.21. The predicted octanol–water partition coefficient (Wildman–Crippen LogP) is 3.18. The number of hydrogen-bond donors (Lipinski definition) is 0. The first-order chi connectivity index (χ1) is 8.99. The molecule has 1 atom stereocenters. The van der Waals surface area contributed by atoms with Gasteiger partial charge >= 0.3 is 0 Å². The van der Waals surface area contributed by atoms with E-state index in [0.29, 0.717) is 11.3 Å². The summed E-state index contributed by atoms with van der Waals surface area (Å²) in [7, 11) is 2.04. The van der Waals surface area contributed by atoms with Crippen LogP contribution in [0.4, 0.5) is 5.82 Å². The molecule has 1 unspecified atom stereocenters. The summed E-state index contributed by atoms with van der Waals surface area (Å²) in [6, 6.07) is 0. The molecule has 0 radical (unpaired) electrons. The minimum absolute atomic E-state index is 0.271.